The smallest absolute Gasteiger partial charge is 0.124 e. The minimum atomic E-state index is 0.504. The van der Waals surface area contributed by atoms with Crippen LogP contribution in [0.3, 0.4) is 0 Å². The van der Waals surface area contributed by atoms with Crippen LogP contribution in [0.1, 0.15) is 11.6 Å². The van der Waals surface area contributed by atoms with Gasteiger partial charge in [0.2, 0.25) is 0 Å². The van der Waals surface area contributed by atoms with Gasteiger partial charge in [0.05, 0.1) is 12.2 Å². The predicted molar refractivity (Wildman–Crippen MR) is 80.8 cm³/mol. The third-order valence-corrected chi connectivity index (χ3v) is 3.56. The molecule has 1 saturated heterocycles. The first-order valence-electron chi connectivity index (χ1n) is 7.16. The molecule has 1 aromatic heterocycles. The lowest BCUT2D eigenvalue weighted by Crippen LogP contribution is -2.44. The maximum atomic E-state index is 4.38. The van der Waals surface area contributed by atoms with Gasteiger partial charge in [0.25, 0.3) is 0 Å². The first-order chi connectivity index (χ1) is 9.93. The summed E-state index contributed by atoms with van der Waals surface area (Å²) in [5, 5.41) is 14.5. The molecule has 1 aliphatic rings. The molecule has 3 N–H and O–H groups in total. The van der Waals surface area contributed by atoms with Crippen molar-refractivity contribution in [2.45, 2.75) is 12.6 Å². The Morgan fingerprint density at radius 2 is 2.00 bits per heavy atom. The summed E-state index contributed by atoms with van der Waals surface area (Å²) in [6.45, 7) is 4.78. The third kappa shape index (κ3) is 3.18. The lowest BCUT2D eigenvalue weighted by atomic mass is 10.2. The van der Waals surface area contributed by atoms with Crippen LogP contribution in [0.25, 0.3) is 0 Å². The predicted octanol–water partition coefficient (Wildman–Crippen LogP) is 1.23. The zero-order valence-corrected chi connectivity index (χ0v) is 11.5. The molecular formula is C15H21N5. The highest BCUT2D eigenvalue weighted by Crippen LogP contribution is 2.16. The molecular weight excluding hydrogens is 250 g/mol. The van der Waals surface area contributed by atoms with Crippen LogP contribution in [-0.2, 0) is 6.54 Å². The van der Waals surface area contributed by atoms with Crippen LogP contribution >= 0.6 is 0 Å². The number of anilines is 1. The van der Waals surface area contributed by atoms with E-state index in [2.05, 4.69) is 50.0 Å². The Labute approximate surface area is 119 Å². The molecule has 0 saturated carbocycles. The third-order valence-electron chi connectivity index (χ3n) is 3.56. The van der Waals surface area contributed by atoms with Gasteiger partial charge in [-0.25, -0.2) is 4.68 Å². The van der Waals surface area contributed by atoms with E-state index in [0.29, 0.717) is 6.04 Å². The van der Waals surface area contributed by atoms with Crippen LogP contribution in [0.2, 0.25) is 0 Å². The largest absolute Gasteiger partial charge is 0.369 e. The van der Waals surface area contributed by atoms with Crippen molar-refractivity contribution >= 4 is 5.82 Å². The van der Waals surface area contributed by atoms with Gasteiger partial charge in [0.15, 0.2) is 0 Å². The molecule has 106 valence electrons. The van der Waals surface area contributed by atoms with E-state index < -0.39 is 0 Å². The van der Waals surface area contributed by atoms with E-state index in [-0.39, 0.29) is 0 Å². The first kappa shape index (κ1) is 13.1. The first-order valence-corrected chi connectivity index (χ1v) is 7.16. The van der Waals surface area contributed by atoms with E-state index in [1.165, 1.54) is 5.56 Å². The number of hydrogen-bond donors (Lipinski definition) is 3. The van der Waals surface area contributed by atoms with Crippen LogP contribution in [0.4, 0.5) is 5.82 Å². The van der Waals surface area contributed by atoms with Gasteiger partial charge in [-0.1, -0.05) is 30.3 Å². The average molecular weight is 271 g/mol. The molecule has 5 heteroatoms. The molecule has 1 aromatic carbocycles. The van der Waals surface area contributed by atoms with Crippen molar-refractivity contribution in [2.75, 3.05) is 31.5 Å². The van der Waals surface area contributed by atoms with Crippen molar-refractivity contribution in [3.63, 3.8) is 0 Å². The van der Waals surface area contributed by atoms with Gasteiger partial charge in [0.1, 0.15) is 5.82 Å². The highest BCUT2D eigenvalue weighted by atomic mass is 15.4. The summed E-state index contributed by atoms with van der Waals surface area (Å²) in [5.74, 6) is 1.11. The molecule has 0 spiro atoms. The number of rotatable bonds is 7. The van der Waals surface area contributed by atoms with Gasteiger partial charge >= 0.3 is 0 Å². The Hall–Kier alpha value is -1.85. The van der Waals surface area contributed by atoms with Crippen molar-refractivity contribution in [1.82, 2.24) is 20.4 Å². The SMILES string of the molecule is c1ccc(CNCCNc2ccnn2C2CNC2)cc1. The summed E-state index contributed by atoms with van der Waals surface area (Å²) in [5.41, 5.74) is 1.32. The fourth-order valence-electron chi connectivity index (χ4n) is 2.30. The monoisotopic (exact) mass is 271 g/mol. The van der Waals surface area contributed by atoms with Crippen LogP contribution in [0.5, 0.6) is 0 Å². The van der Waals surface area contributed by atoms with Gasteiger partial charge in [-0.15, -0.1) is 0 Å². The van der Waals surface area contributed by atoms with E-state index in [4.69, 9.17) is 0 Å². The molecule has 20 heavy (non-hydrogen) atoms. The van der Waals surface area contributed by atoms with Crippen molar-refractivity contribution in [2.24, 2.45) is 0 Å². The molecule has 1 aliphatic heterocycles. The maximum absolute atomic E-state index is 4.38. The van der Waals surface area contributed by atoms with E-state index >= 15 is 0 Å². The van der Waals surface area contributed by atoms with Crippen molar-refractivity contribution in [1.29, 1.82) is 0 Å². The highest BCUT2D eigenvalue weighted by Gasteiger charge is 2.21. The second-order valence-corrected chi connectivity index (χ2v) is 5.06. The lowest BCUT2D eigenvalue weighted by molar-refractivity contribution is 0.321. The molecule has 0 amide bonds. The second-order valence-electron chi connectivity index (χ2n) is 5.06. The minimum absolute atomic E-state index is 0.504. The Morgan fingerprint density at radius 3 is 2.75 bits per heavy atom. The van der Waals surface area contributed by atoms with Crippen LogP contribution in [0, 0.1) is 0 Å². The fraction of sp³-hybridized carbons (Fsp3) is 0.400. The second kappa shape index (κ2) is 6.54. The van der Waals surface area contributed by atoms with E-state index in [0.717, 1.165) is 38.5 Å². The zero-order chi connectivity index (χ0) is 13.6. The summed E-state index contributed by atoms with van der Waals surface area (Å²) in [7, 11) is 0. The molecule has 1 fully saturated rings. The van der Waals surface area contributed by atoms with Gasteiger partial charge in [-0.2, -0.15) is 5.10 Å². The topological polar surface area (TPSA) is 53.9 Å². The fourth-order valence-corrected chi connectivity index (χ4v) is 2.30. The minimum Gasteiger partial charge on any atom is -0.369 e. The summed E-state index contributed by atoms with van der Waals surface area (Å²) >= 11 is 0. The summed E-state index contributed by atoms with van der Waals surface area (Å²) in [6.07, 6.45) is 1.86. The van der Waals surface area contributed by atoms with Crippen LogP contribution < -0.4 is 16.0 Å². The zero-order valence-electron chi connectivity index (χ0n) is 11.5. The van der Waals surface area contributed by atoms with Crippen LogP contribution in [0.15, 0.2) is 42.6 Å². The standard InChI is InChI=1S/C15H21N5/c1-2-4-13(5-3-1)10-16-8-9-18-15-6-7-19-20(15)14-11-17-12-14/h1-7,14,16-18H,8-12H2. The molecule has 2 heterocycles. The molecule has 5 nitrogen and oxygen atoms in total. The van der Waals surface area contributed by atoms with E-state index in [1.807, 2.05) is 18.3 Å². The summed E-state index contributed by atoms with van der Waals surface area (Å²) in [4.78, 5) is 0. The number of nitrogens with one attached hydrogen (secondary N) is 3. The molecule has 0 unspecified atom stereocenters. The average Bonchev–Trinajstić information content (AvgIpc) is 2.86. The van der Waals surface area contributed by atoms with Crippen molar-refractivity contribution in [3.8, 4) is 0 Å². The van der Waals surface area contributed by atoms with Gasteiger partial charge in [-0.3, -0.25) is 0 Å². The van der Waals surface area contributed by atoms with E-state index in [1.54, 1.807) is 0 Å². The highest BCUT2D eigenvalue weighted by molar-refractivity contribution is 5.34. The number of nitrogens with zero attached hydrogens (tertiary/aromatic N) is 2. The quantitative estimate of drug-likeness (QED) is 0.663. The number of hydrogen-bond acceptors (Lipinski definition) is 4. The van der Waals surface area contributed by atoms with Crippen LogP contribution in [-0.4, -0.2) is 36.0 Å². The molecule has 0 bridgehead atoms. The summed E-state index contributed by atoms with van der Waals surface area (Å²) in [6, 6.07) is 13.0. The number of benzene rings is 1. The van der Waals surface area contributed by atoms with Crippen molar-refractivity contribution in [3.05, 3.63) is 48.2 Å². The normalized spacial score (nSPS) is 15.0. The van der Waals surface area contributed by atoms with Crippen molar-refractivity contribution < 1.29 is 0 Å². The number of aromatic nitrogens is 2. The molecule has 3 rings (SSSR count). The molecule has 0 aliphatic carbocycles. The Morgan fingerprint density at radius 1 is 1.15 bits per heavy atom. The van der Waals surface area contributed by atoms with Gasteiger partial charge in [0, 0.05) is 38.8 Å². The molecule has 0 radical (unpaired) electrons. The van der Waals surface area contributed by atoms with Gasteiger partial charge in [-0.05, 0) is 5.56 Å². The van der Waals surface area contributed by atoms with Gasteiger partial charge < -0.3 is 16.0 Å². The molecule has 0 atom stereocenters. The lowest BCUT2D eigenvalue weighted by Gasteiger charge is -2.28. The Kier molecular flexibility index (Phi) is 4.30. The van der Waals surface area contributed by atoms with E-state index in [9.17, 15) is 0 Å². The Balaban J connectivity index is 1.38. The maximum Gasteiger partial charge on any atom is 0.124 e. The molecule has 2 aromatic rings. The Bertz CT molecular complexity index is 518. The summed E-state index contributed by atoms with van der Waals surface area (Å²) < 4.78 is 2.08.